The predicted molar refractivity (Wildman–Crippen MR) is 93.0 cm³/mol. The van der Waals surface area contributed by atoms with Gasteiger partial charge in [-0.2, -0.15) is 0 Å². The summed E-state index contributed by atoms with van der Waals surface area (Å²) in [5.74, 6) is -0.525. The van der Waals surface area contributed by atoms with Crippen molar-refractivity contribution < 1.29 is 14.3 Å². The lowest BCUT2D eigenvalue weighted by molar-refractivity contribution is 0.0467. The highest BCUT2D eigenvalue weighted by molar-refractivity contribution is 5.93. The van der Waals surface area contributed by atoms with Crippen molar-refractivity contribution in [3.8, 4) is 0 Å². The van der Waals surface area contributed by atoms with E-state index < -0.39 is 12.0 Å². The summed E-state index contributed by atoms with van der Waals surface area (Å²) in [7, 11) is 0. The lowest BCUT2D eigenvalue weighted by Gasteiger charge is -2.09. The number of aromatic nitrogens is 2. The summed E-state index contributed by atoms with van der Waals surface area (Å²) in [6.45, 7) is 1.83. The number of anilines is 1. The fourth-order valence-corrected chi connectivity index (χ4v) is 2.34. The molecule has 0 fully saturated rings. The van der Waals surface area contributed by atoms with Gasteiger partial charge in [0, 0.05) is 5.69 Å². The summed E-state index contributed by atoms with van der Waals surface area (Å²) in [5.41, 5.74) is 8.62. The first-order valence-electron chi connectivity index (χ1n) is 7.59. The maximum Gasteiger partial charge on any atom is 0.338 e. The summed E-state index contributed by atoms with van der Waals surface area (Å²) in [4.78, 5) is 32.0. The Balaban J connectivity index is 1.74. The molecule has 2 aromatic carbocycles. The number of fused-ring (bicyclic) bond motifs is 1. The number of urea groups is 1. The highest BCUT2D eigenvalue weighted by Gasteiger charge is 2.11. The van der Waals surface area contributed by atoms with Crippen LogP contribution in [0.4, 0.5) is 10.5 Å². The van der Waals surface area contributed by atoms with Gasteiger partial charge in [-0.3, -0.25) is 0 Å². The third kappa shape index (κ3) is 3.89. The molecule has 0 unspecified atom stereocenters. The fourth-order valence-electron chi connectivity index (χ4n) is 2.34. The third-order valence-electron chi connectivity index (χ3n) is 3.55. The van der Waals surface area contributed by atoms with Gasteiger partial charge in [-0.15, -0.1) is 0 Å². The van der Waals surface area contributed by atoms with Crippen LogP contribution in [0.2, 0.25) is 0 Å². The Morgan fingerprint density at radius 2 is 1.80 bits per heavy atom. The molecule has 0 atom stereocenters. The van der Waals surface area contributed by atoms with Crippen molar-refractivity contribution in [2.45, 2.75) is 13.5 Å². The number of benzene rings is 2. The number of para-hydroxylation sites is 2. The second-order valence-electron chi connectivity index (χ2n) is 5.39. The van der Waals surface area contributed by atoms with E-state index in [9.17, 15) is 9.59 Å². The molecule has 1 aromatic heterocycles. The number of rotatable bonds is 4. The van der Waals surface area contributed by atoms with Crippen molar-refractivity contribution >= 4 is 28.7 Å². The largest absolute Gasteiger partial charge is 0.456 e. The number of hydrogen-bond acceptors (Lipinski definition) is 5. The van der Waals surface area contributed by atoms with E-state index in [-0.39, 0.29) is 6.61 Å². The van der Waals surface area contributed by atoms with E-state index in [4.69, 9.17) is 10.5 Å². The minimum atomic E-state index is -0.701. The van der Waals surface area contributed by atoms with E-state index in [0.29, 0.717) is 22.6 Å². The topological polar surface area (TPSA) is 107 Å². The van der Waals surface area contributed by atoms with E-state index in [0.717, 1.165) is 11.0 Å². The van der Waals surface area contributed by atoms with Crippen LogP contribution in [-0.2, 0) is 11.3 Å². The number of esters is 1. The van der Waals surface area contributed by atoms with E-state index in [2.05, 4.69) is 15.3 Å². The van der Waals surface area contributed by atoms with Gasteiger partial charge in [0.05, 0.1) is 28.0 Å². The van der Waals surface area contributed by atoms with Crippen LogP contribution in [0.25, 0.3) is 11.0 Å². The van der Waals surface area contributed by atoms with Crippen LogP contribution in [0, 0.1) is 6.92 Å². The molecule has 25 heavy (non-hydrogen) atoms. The van der Waals surface area contributed by atoms with Crippen LogP contribution >= 0.6 is 0 Å². The zero-order chi connectivity index (χ0) is 17.8. The average Bonchev–Trinajstić information content (AvgIpc) is 2.59. The number of ether oxygens (including phenoxy) is 1. The first-order chi connectivity index (χ1) is 12.0. The maximum absolute atomic E-state index is 12.2. The molecular weight excluding hydrogens is 320 g/mol. The number of nitrogens with two attached hydrogens (primary N) is 1. The molecule has 0 aliphatic heterocycles. The van der Waals surface area contributed by atoms with Crippen LogP contribution in [0.1, 0.15) is 21.7 Å². The van der Waals surface area contributed by atoms with Gasteiger partial charge in [-0.25, -0.2) is 19.6 Å². The van der Waals surface area contributed by atoms with Crippen molar-refractivity contribution in [2.24, 2.45) is 5.73 Å². The van der Waals surface area contributed by atoms with Crippen LogP contribution in [0.3, 0.4) is 0 Å². The van der Waals surface area contributed by atoms with Crippen molar-refractivity contribution in [3.05, 3.63) is 65.5 Å². The Bertz CT molecular complexity index is 956. The van der Waals surface area contributed by atoms with E-state index >= 15 is 0 Å². The lowest BCUT2D eigenvalue weighted by atomic mass is 10.2. The molecule has 7 heteroatoms. The Labute approximate surface area is 143 Å². The average molecular weight is 336 g/mol. The van der Waals surface area contributed by atoms with Gasteiger partial charge in [0.15, 0.2) is 0 Å². The summed E-state index contributed by atoms with van der Waals surface area (Å²) in [6, 6.07) is 13.1. The monoisotopic (exact) mass is 336 g/mol. The Hall–Kier alpha value is -3.48. The number of hydrogen-bond donors (Lipinski definition) is 2. The molecule has 3 rings (SSSR count). The minimum absolute atomic E-state index is 0.00990. The molecule has 0 saturated heterocycles. The number of nitrogens with one attached hydrogen (secondary N) is 1. The van der Waals surface area contributed by atoms with E-state index in [1.807, 2.05) is 31.2 Å². The van der Waals surface area contributed by atoms with Gasteiger partial charge in [0.2, 0.25) is 0 Å². The molecule has 0 aliphatic rings. The number of primary amides is 1. The van der Waals surface area contributed by atoms with Gasteiger partial charge in [-0.1, -0.05) is 18.2 Å². The SMILES string of the molecule is Cc1nc2ccccc2nc1COC(=O)c1cccc(NC(N)=O)c1. The van der Waals surface area contributed by atoms with Gasteiger partial charge < -0.3 is 15.8 Å². The highest BCUT2D eigenvalue weighted by Crippen LogP contribution is 2.15. The van der Waals surface area contributed by atoms with Crippen molar-refractivity contribution in [2.75, 3.05) is 5.32 Å². The normalized spacial score (nSPS) is 10.4. The van der Waals surface area contributed by atoms with E-state index in [1.54, 1.807) is 18.2 Å². The van der Waals surface area contributed by atoms with Gasteiger partial charge in [0.25, 0.3) is 0 Å². The van der Waals surface area contributed by atoms with Crippen LogP contribution in [0.5, 0.6) is 0 Å². The molecule has 0 saturated carbocycles. The second kappa shape index (κ2) is 6.96. The number of carbonyl (C=O) groups is 2. The smallest absolute Gasteiger partial charge is 0.338 e. The van der Waals surface area contributed by atoms with Gasteiger partial charge in [-0.05, 0) is 37.3 Å². The predicted octanol–water partition coefficient (Wildman–Crippen LogP) is 2.79. The summed E-state index contributed by atoms with van der Waals surface area (Å²) >= 11 is 0. The Morgan fingerprint density at radius 1 is 1.08 bits per heavy atom. The first kappa shape index (κ1) is 16.4. The molecule has 0 aliphatic carbocycles. The standard InChI is InChI=1S/C18H16N4O3/c1-11-16(22-15-8-3-2-7-14(15)20-11)10-25-17(23)12-5-4-6-13(9-12)21-18(19)24/h2-9H,10H2,1H3,(H3,19,21,24). The summed E-state index contributed by atoms with van der Waals surface area (Å²) in [5, 5.41) is 2.41. The summed E-state index contributed by atoms with van der Waals surface area (Å²) in [6.07, 6.45) is 0. The van der Waals surface area contributed by atoms with Gasteiger partial charge in [0.1, 0.15) is 6.61 Å². The van der Waals surface area contributed by atoms with Crippen molar-refractivity contribution in [1.29, 1.82) is 0 Å². The third-order valence-corrected chi connectivity index (χ3v) is 3.55. The van der Waals surface area contributed by atoms with Crippen molar-refractivity contribution in [3.63, 3.8) is 0 Å². The number of amides is 2. The minimum Gasteiger partial charge on any atom is -0.456 e. The molecule has 7 nitrogen and oxygen atoms in total. The highest BCUT2D eigenvalue weighted by atomic mass is 16.5. The second-order valence-corrected chi connectivity index (χ2v) is 5.39. The molecular formula is C18H16N4O3. The number of carbonyl (C=O) groups excluding carboxylic acids is 2. The number of aryl methyl sites for hydroxylation is 1. The maximum atomic E-state index is 12.2. The van der Waals surface area contributed by atoms with Crippen molar-refractivity contribution in [1.82, 2.24) is 9.97 Å². The fraction of sp³-hybridized carbons (Fsp3) is 0.111. The van der Waals surface area contributed by atoms with Gasteiger partial charge >= 0.3 is 12.0 Å². The van der Waals surface area contributed by atoms with E-state index in [1.165, 1.54) is 6.07 Å². The number of nitrogens with zero attached hydrogens (tertiary/aromatic N) is 2. The lowest BCUT2D eigenvalue weighted by Crippen LogP contribution is -2.19. The molecule has 0 bridgehead atoms. The van der Waals surface area contributed by atoms with Crippen LogP contribution in [-0.4, -0.2) is 22.0 Å². The first-order valence-corrected chi connectivity index (χ1v) is 7.59. The summed E-state index contributed by atoms with van der Waals surface area (Å²) < 4.78 is 5.32. The quantitative estimate of drug-likeness (QED) is 0.712. The molecule has 0 spiro atoms. The molecule has 3 N–H and O–H groups in total. The Morgan fingerprint density at radius 3 is 2.52 bits per heavy atom. The zero-order valence-corrected chi connectivity index (χ0v) is 13.5. The molecule has 0 radical (unpaired) electrons. The molecule has 126 valence electrons. The van der Waals surface area contributed by atoms with Crippen LogP contribution in [0.15, 0.2) is 48.5 Å². The Kier molecular flexibility index (Phi) is 4.56. The molecule has 1 heterocycles. The molecule has 2 amide bonds. The zero-order valence-electron chi connectivity index (χ0n) is 13.5. The van der Waals surface area contributed by atoms with Crippen LogP contribution < -0.4 is 11.1 Å². The molecule has 3 aromatic rings.